The molecule has 2 aromatic rings. The first-order valence-corrected chi connectivity index (χ1v) is 6.77. The lowest BCUT2D eigenvalue weighted by Gasteiger charge is -1.99. The lowest BCUT2D eigenvalue weighted by atomic mass is 10.1. The van der Waals surface area contributed by atoms with Crippen molar-refractivity contribution in [2.45, 2.75) is 25.7 Å². The first kappa shape index (κ1) is 15.6. The van der Waals surface area contributed by atoms with Gasteiger partial charge in [-0.3, -0.25) is 4.98 Å². The van der Waals surface area contributed by atoms with E-state index in [4.69, 9.17) is 5.21 Å². The highest BCUT2D eigenvalue weighted by atomic mass is 35.5. The van der Waals surface area contributed by atoms with Crippen LogP contribution in [0.1, 0.15) is 29.1 Å². The molecular formula is C13H16ClN3OS. The van der Waals surface area contributed by atoms with Crippen LogP contribution in [0.4, 0.5) is 0 Å². The van der Waals surface area contributed by atoms with Crippen LogP contribution < -0.4 is 0 Å². The molecule has 4 nitrogen and oxygen atoms in total. The molecule has 0 saturated carbocycles. The largest absolute Gasteiger partial charge is 0.411 e. The molecule has 0 radical (unpaired) electrons. The molecule has 0 bridgehead atoms. The summed E-state index contributed by atoms with van der Waals surface area (Å²) in [5, 5.41) is 14.4. The van der Waals surface area contributed by atoms with Crippen molar-refractivity contribution in [2.75, 3.05) is 0 Å². The van der Waals surface area contributed by atoms with Gasteiger partial charge in [-0.05, 0) is 37.3 Å². The predicted molar refractivity (Wildman–Crippen MR) is 79.6 cm³/mol. The third-order valence-corrected chi connectivity index (χ3v) is 3.52. The van der Waals surface area contributed by atoms with Gasteiger partial charge in [0, 0.05) is 17.8 Å². The van der Waals surface area contributed by atoms with Gasteiger partial charge in [-0.15, -0.1) is 23.7 Å². The molecule has 2 aromatic heterocycles. The second kappa shape index (κ2) is 8.61. The van der Waals surface area contributed by atoms with Crippen molar-refractivity contribution in [3.63, 3.8) is 0 Å². The van der Waals surface area contributed by atoms with E-state index in [9.17, 15) is 0 Å². The highest BCUT2D eigenvalue weighted by Gasteiger charge is 2.00. The van der Waals surface area contributed by atoms with Crippen LogP contribution in [0, 0.1) is 0 Å². The van der Waals surface area contributed by atoms with Crippen LogP contribution >= 0.6 is 23.7 Å². The topological polar surface area (TPSA) is 58.4 Å². The van der Waals surface area contributed by atoms with Crippen LogP contribution in [-0.2, 0) is 12.8 Å². The molecule has 102 valence electrons. The average Bonchev–Trinajstić information content (AvgIpc) is 2.84. The molecule has 2 heterocycles. The third-order valence-electron chi connectivity index (χ3n) is 2.59. The first-order chi connectivity index (χ1) is 8.88. The highest BCUT2D eigenvalue weighted by Crippen LogP contribution is 2.12. The van der Waals surface area contributed by atoms with Crippen LogP contribution in [0.3, 0.4) is 0 Å². The lowest BCUT2D eigenvalue weighted by Crippen LogP contribution is -1.90. The minimum Gasteiger partial charge on any atom is -0.411 e. The van der Waals surface area contributed by atoms with Gasteiger partial charge >= 0.3 is 0 Å². The summed E-state index contributed by atoms with van der Waals surface area (Å²) in [6.45, 7) is 0. The maximum absolute atomic E-state index is 8.40. The summed E-state index contributed by atoms with van der Waals surface area (Å²) in [6.07, 6.45) is 9.35. The number of unbranched alkanes of at least 4 members (excludes halogenated alkanes) is 1. The molecule has 1 N–H and O–H groups in total. The van der Waals surface area contributed by atoms with E-state index < -0.39 is 0 Å². The van der Waals surface area contributed by atoms with Crippen molar-refractivity contribution in [2.24, 2.45) is 5.16 Å². The van der Waals surface area contributed by atoms with E-state index in [1.165, 1.54) is 11.8 Å². The first-order valence-electron chi connectivity index (χ1n) is 5.89. The zero-order chi connectivity index (χ0) is 12.6. The zero-order valence-corrected chi connectivity index (χ0v) is 12.0. The van der Waals surface area contributed by atoms with E-state index in [1.54, 1.807) is 17.5 Å². The smallest absolute Gasteiger partial charge is 0.0958 e. The van der Waals surface area contributed by atoms with Gasteiger partial charge < -0.3 is 5.21 Å². The molecule has 19 heavy (non-hydrogen) atoms. The summed E-state index contributed by atoms with van der Waals surface area (Å²) in [5.41, 5.74) is 2.01. The number of halogens is 1. The molecule has 0 saturated heterocycles. The summed E-state index contributed by atoms with van der Waals surface area (Å²) in [7, 11) is 0. The van der Waals surface area contributed by atoms with Gasteiger partial charge in [0.15, 0.2) is 0 Å². The predicted octanol–water partition coefficient (Wildman–Crippen LogP) is 3.33. The van der Waals surface area contributed by atoms with Crippen LogP contribution in [0.15, 0.2) is 35.1 Å². The monoisotopic (exact) mass is 297 g/mol. The summed E-state index contributed by atoms with van der Waals surface area (Å²) >= 11 is 1.61. The molecule has 0 unspecified atom stereocenters. The normalized spacial score (nSPS) is 10.5. The molecule has 2 rings (SSSR count). The molecular weight excluding hydrogens is 282 g/mol. The minimum atomic E-state index is 0. The number of thiazole rings is 1. The number of aryl methyl sites for hydroxylation is 2. The maximum Gasteiger partial charge on any atom is 0.0958 e. The van der Waals surface area contributed by atoms with E-state index in [0.717, 1.165) is 36.4 Å². The Morgan fingerprint density at radius 1 is 1.32 bits per heavy atom. The van der Waals surface area contributed by atoms with Gasteiger partial charge in [0.25, 0.3) is 0 Å². The van der Waals surface area contributed by atoms with Gasteiger partial charge in [-0.1, -0.05) is 11.2 Å². The molecule has 0 aliphatic heterocycles. The number of aromatic nitrogens is 2. The van der Waals surface area contributed by atoms with Crippen LogP contribution in [0.5, 0.6) is 0 Å². The SMILES string of the molecule is Cl.ON=Cc1csc(CCCCc2cccnc2)n1. The Morgan fingerprint density at radius 3 is 2.89 bits per heavy atom. The number of hydrogen-bond donors (Lipinski definition) is 1. The Kier molecular flexibility index (Phi) is 7.07. The second-order valence-corrected chi connectivity index (χ2v) is 4.92. The molecule has 0 amide bonds. The van der Waals surface area contributed by atoms with Crippen LogP contribution in [0.25, 0.3) is 0 Å². The summed E-state index contributed by atoms with van der Waals surface area (Å²) in [6, 6.07) is 4.07. The number of rotatable bonds is 6. The van der Waals surface area contributed by atoms with Gasteiger partial charge in [-0.2, -0.15) is 0 Å². The molecule has 0 aromatic carbocycles. The Hall–Kier alpha value is -1.46. The van der Waals surface area contributed by atoms with Crippen molar-refractivity contribution in [3.05, 3.63) is 46.2 Å². The Balaban J connectivity index is 0.00000180. The molecule has 0 aliphatic carbocycles. The number of nitrogens with zero attached hydrogens (tertiary/aromatic N) is 3. The van der Waals surface area contributed by atoms with E-state index in [2.05, 4.69) is 21.2 Å². The summed E-state index contributed by atoms with van der Waals surface area (Å²) < 4.78 is 0. The van der Waals surface area contributed by atoms with Gasteiger partial charge in [-0.25, -0.2) is 4.98 Å². The number of hydrogen-bond acceptors (Lipinski definition) is 5. The number of pyridine rings is 1. The maximum atomic E-state index is 8.40. The quantitative estimate of drug-likeness (QED) is 0.385. The van der Waals surface area contributed by atoms with Gasteiger partial charge in [0.2, 0.25) is 0 Å². The van der Waals surface area contributed by atoms with Crippen LogP contribution in [-0.4, -0.2) is 21.4 Å². The molecule has 0 aliphatic rings. The van der Waals surface area contributed by atoms with Crippen molar-refractivity contribution >= 4 is 30.0 Å². The van der Waals surface area contributed by atoms with E-state index in [-0.39, 0.29) is 12.4 Å². The molecule has 6 heteroatoms. The minimum absolute atomic E-state index is 0. The van der Waals surface area contributed by atoms with E-state index >= 15 is 0 Å². The molecule has 0 spiro atoms. The van der Waals surface area contributed by atoms with Crippen molar-refractivity contribution in [1.29, 1.82) is 0 Å². The van der Waals surface area contributed by atoms with Crippen molar-refractivity contribution in [1.82, 2.24) is 9.97 Å². The summed E-state index contributed by atoms with van der Waals surface area (Å²) in [5.74, 6) is 0. The third kappa shape index (κ3) is 5.36. The lowest BCUT2D eigenvalue weighted by molar-refractivity contribution is 0.321. The highest BCUT2D eigenvalue weighted by molar-refractivity contribution is 7.09. The summed E-state index contributed by atoms with van der Waals surface area (Å²) in [4.78, 5) is 8.44. The van der Waals surface area contributed by atoms with Crippen LogP contribution in [0.2, 0.25) is 0 Å². The van der Waals surface area contributed by atoms with Gasteiger partial charge in [0.1, 0.15) is 0 Å². The van der Waals surface area contributed by atoms with E-state index in [1.807, 2.05) is 17.6 Å². The zero-order valence-electron chi connectivity index (χ0n) is 10.4. The van der Waals surface area contributed by atoms with Crippen molar-refractivity contribution in [3.8, 4) is 0 Å². The Bertz CT molecular complexity index is 502. The molecule has 0 fully saturated rings. The average molecular weight is 298 g/mol. The fourth-order valence-corrected chi connectivity index (χ4v) is 2.50. The van der Waals surface area contributed by atoms with E-state index in [0.29, 0.717) is 0 Å². The molecule has 0 atom stereocenters. The second-order valence-electron chi connectivity index (χ2n) is 3.98. The number of oxime groups is 1. The van der Waals surface area contributed by atoms with Gasteiger partial charge in [0.05, 0.1) is 16.9 Å². The van der Waals surface area contributed by atoms with Crippen molar-refractivity contribution < 1.29 is 5.21 Å². The fraction of sp³-hybridized carbons (Fsp3) is 0.308. The Labute approximate surface area is 122 Å². The standard InChI is InChI=1S/C13H15N3OS.ClH/c17-15-9-12-10-18-13(16-12)6-2-1-4-11-5-3-7-14-8-11;/h3,5,7-10,17H,1-2,4,6H2;1H. The Morgan fingerprint density at radius 2 is 2.16 bits per heavy atom. The fourth-order valence-electron chi connectivity index (χ4n) is 1.71.